The van der Waals surface area contributed by atoms with Gasteiger partial charge in [-0.15, -0.1) is 0 Å². The lowest BCUT2D eigenvalue weighted by Crippen LogP contribution is -2.38. The summed E-state index contributed by atoms with van der Waals surface area (Å²) in [6, 6.07) is 2.07. The van der Waals surface area contributed by atoms with Gasteiger partial charge in [0, 0.05) is 24.7 Å². The Morgan fingerprint density at radius 1 is 1.30 bits per heavy atom. The van der Waals surface area contributed by atoms with E-state index >= 15 is 0 Å². The Hall–Kier alpha value is -2.63. The minimum absolute atomic E-state index is 0.130. The minimum Gasteiger partial charge on any atom is -0.496 e. The molecule has 1 N–H and O–H groups in total. The zero-order valence-electron chi connectivity index (χ0n) is 17.7. The van der Waals surface area contributed by atoms with Crippen LogP contribution in [0.3, 0.4) is 0 Å². The van der Waals surface area contributed by atoms with E-state index in [9.17, 15) is 4.79 Å². The van der Waals surface area contributed by atoms with Crippen LogP contribution in [0.25, 0.3) is 11.0 Å². The number of carbonyl (C=O) groups excluding carboxylic acids is 1. The molecule has 2 aliphatic heterocycles. The van der Waals surface area contributed by atoms with Crippen LogP contribution >= 0.6 is 0 Å². The van der Waals surface area contributed by atoms with E-state index in [1.54, 1.807) is 12.6 Å². The second-order valence-electron chi connectivity index (χ2n) is 9.29. The van der Waals surface area contributed by atoms with E-state index in [0.717, 1.165) is 53.8 Å². The number of aromatic amines is 1. The molecular formula is C24H30N4O2. The van der Waals surface area contributed by atoms with Crippen molar-refractivity contribution in [3.8, 4) is 0 Å². The van der Waals surface area contributed by atoms with Crippen molar-refractivity contribution in [3.63, 3.8) is 0 Å². The third-order valence-electron chi connectivity index (χ3n) is 7.16. The highest BCUT2D eigenvalue weighted by Gasteiger charge is 2.45. The van der Waals surface area contributed by atoms with Gasteiger partial charge >= 0.3 is 0 Å². The molecule has 2 aromatic rings. The lowest BCUT2D eigenvalue weighted by atomic mass is 9.90. The van der Waals surface area contributed by atoms with Crippen molar-refractivity contribution >= 4 is 16.9 Å². The van der Waals surface area contributed by atoms with Crippen LogP contribution in [-0.4, -0.2) is 45.5 Å². The third kappa shape index (κ3) is 3.87. The number of ether oxygens (including phenoxy) is 1. The van der Waals surface area contributed by atoms with Crippen molar-refractivity contribution in [3.05, 3.63) is 47.8 Å². The highest BCUT2D eigenvalue weighted by Crippen LogP contribution is 2.51. The predicted molar refractivity (Wildman–Crippen MR) is 116 cm³/mol. The molecule has 1 atom stereocenters. The number of fused-ring (bicyclic) bond motifs is 1. The number of hydrogen-bond donors (Lipinski definition) is 1. The van der Waals surface area contributed by atoms with Gasteiger partial charge in [-0.05, 0) is 74.5 Å². The van der Waals surface area contributed by atoms with Gasteiger partial charge in [0.2, 0.25) is 0 Å². The first-order chi connectivity index (χ1) is 14.6. The third-order valence-corrected chi connectivity index (χ3v) is 7.16. The Labute approximate surface area is 177 Å². The Bertz CT molecular complexity index is 1000. The Kier molecular flexibility index (Phi) is 5.09. The summed E-state index contributed by atoms with van der Waals surface area (Å²) in [5.41, 5.74) is 4.12. The molecule has 4 heterocycles. The quantitative estimate of drug-likeness (QED) is 0.831. The molecule has 2 fully saturated rings. The maximum Gasteiger partial charge on any atom is 0.257 e. The molecule has 1 aliphatic carbocycles. The number of rotatable bonds is 3. The van der Waals surface area contributed by atoms with Crippen LogP contribution in [0.4, 0.5) is 0 Å². The van der Waals surface area contributed by atoms with Crippen molar-refractivity contribution in [2.45, 2.75) is 51.9 Å². The van der Waals surface area contributed by atoms with Crippen molar-refractivity contribution in [1.82, 2.24) is 19.9 Å². The monoisotopic (exact) mass is 406 g/mol. The average molecular weight is 407 g/mol. The second kappa shape index (κ2) is 7.89. The number of carbonyl (C=O) groups is 1. The number of nitrogens with zero attached hydrogens (tertiary/aromatic N) is 3. The molecule has 0 aromatic carbocycles. The molecule has 158 valence electrons. The Morgan fingerprint density at radius 3 is 3.03 bits per heavy atom. The zero-order valence-corrected chi connectivity index (χ0v) is 17.7. The fourth-order valence-corrected chi connectivity index (χ4v) is 5.03. The predicted octanol–water partition coefficient (Wildman–Crippen LogP) is 4.16. The lowest BCUT2D eigenvalue weighted by molar-refractivity contribution is -0.128. The Balaban J connectivity index is 1.34. The highest BCUT2D eigenvalue weighted by molar-refractivity contribution is 5.97. The normalized spacial score (nSPS) is 23.8. The van der Waals surface area contributed by atoms with Crippen molar-refractivity contribution in [1.29, 1.82) is 0 Å². The fraction of sp³-hybridized carbons (Fsp3) is 0.542. The smallest absolute Gasteiger partial charge is 0.257 e. The minimum atomic E-state index is 0.130. The van der Waals surface area contributed by atoms with Gasteiger partial charge < -0.3 is 14.6 Å². The first-order valence-electron chi connectivity index (χ1n) is 11.2. The van der Waals surface area contributed by atoms with E-state index in [1.165, 1.54) is 32.1 Å². The van der Waals surface area contributed by atoms with Crippen LogP contribution in [0.2, 0.25) is 0 Å². The van der Waals surface area contributed by atoms with Crippen LogP contribution in [0, 0.1) is 11.3 Å². The molecule has 1 saturated carbocycles. The number of aromatic nitrogens is 3. The average Bonchev–Trinajstić information content (AvgIpc) is 3.30. The number of nitrogens with one attached hydrogen (secondary N) is 1. The number of amides is 1. The summed E-state index contributed by atoms with van der Waals surface area (Å²) in [6.45, 7) is 4.26. The molecule has 1 spiro atoms. The highest BCUT2D eigenvalue weighted by atomic mass is 16.5. The Morgan fingerprint density at radius 2 is 2.20 bits per heavy atom. The van der Waals surface area contributed by atoms with Crippen molar-refractivity contribution in [2.75, 3.05) is 19.7 Å². The summed E-state index contributed by atoms with van der Waals surface area (Å²) < 4.78 is 5.44. The molecule has 1 amide bonds. The molecule has 1 unspecified atom stereocenters. The van der Waals surface area contributed by atoms with E-state index in [1.807, 2.05) is 19.2 Å². The molecule has 5 rings (SSSR count). The molecule has 0 bridgehead atoms. The van der Waals surface area contributed by atoms with Gasteiger partial charge in [0.1, 0.15) is 18.6 Å². The summed E-state index contributed by atoms with van der Waals surface area (Å²) in [4.78, 5) is 27.6. The number of hydrogen-bond acceptors (Lipinski definition) is 4. The molecule has 30 heavy (non-hydrogen) atoms. The summed E-state index contributed by atoms with van der Waals surface area (Å²) in [5.74, 6) is 0.654. The maximum atomic E-state index is 13.4. The molecule has 2 aromatic heterocycles. The lowest BCUT2D eigenvalue weighted by Gasteiger charge is -2.29. The fourth-order valence-electron chi connectivity index (χ4n) is 5.03. The van der Waals surface area contributed by atoms with Crippen LogP contribution < -0.4 is 0 Å². The molecule has 6 nitrogen and oxygen atoms in total. The van der Waals surface area contributed by atoms with Gasteiger partial charge in [0.25, 0.3) is 5.91 Å². The second-order valence-corrected chi connectivity index (χ2v) is 9.29. The molecule has 0 radical (unpaired) electrons. The molecular weight excluding hydrogens is 376 g/mol. The van der Waals surface area contributed by atoms with Crippen LogP contribution in [0.5, 0.6) is 0 Å². The van der Waals surface area contributed by atoms with Gasteiger partial charge in [0.05, 0.1) is 17.5 Å². The van der Waals surface area contributed by atoms with E-state index in [-0.39, 0.29) is 5.91 Å². The maximum absolute atomic E-state index is 13.4. The van der Waals surface area contributed by atoms with Crippen molar-refractivity contribution < 1.29 is 9.53 Å². The topological polar surface area (TPSA) is 71.1 Å². The van der Waals surface area contributed by atoms with Gasteiger partial charge in [-0.3, -0.25) is 4.79 Å². The largest absolute Gasteiger partial charge is 0.496 e. The summed E-state index contributed by atoms with van der Waals surface area (Å²) in [7, 11) is 0. The molecule has 3 aliphatic rings. The van der Waals surface area contributed by atoms with Crippen molar-refractivity contribution in [2.24, 2.45) is 11.3 Å². The molecule has 1 saturated heterocycles. The zero-order chi connectivity index (χ0) is 20.6. The summed E-state index contributed by atoms with van der Waals surface area (Å²) in [5, 5.41) is 1.12. The van der Waals surface area contributed by atoms with Crippen LogP contribution in [-0.2, 0) is 16.0 Å². The van der Waals surface area contributed by atoms with E-state index in [0.29, 0.717) is 17.9 Å². The first kappa shape index (κ1) is 19.3. The van der Waals surface area contributed by atoms with E-state index < -0.39 is 0 Å². The summed E-state index contributed by atoms with van der Waals surface area (Å²) in [6.07, 6.45) is 15.3. The molecule has 6 heteroatoms. The van der Waals surface area contributed by atoms with E-state index in [4.69, 9.17) is 4.74 Å². The first-order valence-corrected chi connectivity index (χ1v) is 11.2. The van der Waals surface area contributed by atoms with E-state index in [2.05, 4.69) is 25.9 Å². The number of H-pyrrole nitrogens is 1. The van der Waals surface area contributed by atoms with Gasteiger partial charge in [0.15, 0.2) is 0 Å². The van der Waals surface area contributed by atoms with Gasteiger partial charge in [-0.2, -0.15) is 0 Å². The van der Waals surface area contributed by atoms with Gasteiger partial charge in [-0.1, -0.05) is 6.42 Å². The standard InChI is InChI=1S/C24H30N4O2/c1-17-6-12-30-14-20(17)23(29)28-11-5-18(3-2-7-24(15-28)8-9-24)13-21-19-4-10-25-22(19)27-16-26-21/h4,6,10,14,16,18H,2-3,5,7-9,11-13,15H2,1H3,(H,25,26,27). The van der Waals surface area contributed by atoms with Gasteiger partial charge in [-0.25, -0.2) is 9.97 Å². The van der Waals surface area contributed by atoms with Crippen LogP contribution in [0.15, 0.2) is 42.1 Å². The summed E-state index contributed by atoms with van der Waals surface area (Å²) >= 11 is 0. The van der Waals surface area contributed by atoms with Crippen LogP contribution in [0.1, 0.15) is 51.1 Å². The SMILES string of the molecule is CC1=CCOC=C1C(=O)N1CCC(Cc2ncnc3[nH]ccc23)CCCC2(CC2)C1.